The minimum atomic E-state index is -4.71. The molecule has 0 aliphatic carbocycles. The molecule has 5 heterocycles. The molecule has 1 N–H and O–H groups in total. The Morgan fingerprint density at radius 3 is 2.43 bits per heavy atom. The molecule has 0 aromatic carbocycles. The molecule has 3 fully saturated rings. The van der Waals surface area contributed by atoms with Gasteiger partial charge in [-0.3, -0.25) is 9.59 Å². The van der Waals surface area contributed by atoms with Crippen LogP contribution in [-0.2, 0) is 10.9 Å². The van der Waals surface area contributed by atoms with Crippen molar-refractivity contribution in [3.05, 3.63) is 28.5 Å². The van der Waals surface area contributed by atoms with Gasteiger partial charge in [-0.05, 0) is 46.6 Å². The average molecular weight is 538 g/mol. The Labute approximate surface area is 217 Å². The number of aromatic nitrogens is 2. The molecule has 0 unspecified atom stereocenters. The zero-order valence-corrected chi connectivity index (χ0v) is 22.1. The number of carbonyl (C=O) groups is 2. The van der Waals surface area contributed by atoms with Gasteiger partial charge in [0.05, 0.1) is 29.1 Å². The van der Waals surface area contributed by atoms with Crippen LogP contribution >= 0.6 is 11.3 Å². The number of rotatable bonds is 4. The highest BCUT2D eigenvalue weighted by Crippen LogP contribution is 2.43. The van der Waals surface area contributed by atoms with Crippen LogP contribution in [0.5, 0.6) is 0 Å². The second-order valence-corrected chi connectivity index (χ2v) is 12.3. The number of thiazole rings is 1. The molecule has 0 saturated carbocycles. The van der Waals surface area contributed by atoms with Gasteiger partial charge in [0.15, 0.2) is 5.01 Å². The zero-order chi connectivity index (χ0) is 26.8. The van der Waals surface area contributed by atoms with Crippen LogP contribution in [0, 0.1) is 5.41 Å². The summed E-state index contributed by atoms with van der Waals surface area (Å²) in [4.78, 5) is 38.6. The molecule has 0 bridgehead atoms. The molecular weight excluding hydrogens is 507 g/mol. The van der Waals surface area contributed by atoms with Crippen LogP contribution in [0.25, 0.3) is 10.4 Å². The maximum absolute atomic E-state index is 14.3. The summed E-state index contributed by atoms with van der Waals surface area (Å²) in [5.74, 6) is -0.781. The topological polar surface area (TPSA) is 87.7 Å². The van der Waals surface area contributed by atoms with E-state index in [4.69, 9.17) is 4.74 Å². The summed E-state index contributed by atoms with van der Waals surface area (Å²) in [5, 5.41) is 2.97. The van der Waals surface area contributed by atoms with Crippen molar-refractivity contribution in [1.29, 1.82) is 0 Å². The van der Waals surface area contributed by atoms with Gasteiger partial charge < -0.3 is 19.9 Å². The van der Waals surface area contributed by atoms with E-state index in [1.807, 2.05) is 27.7 Å². The lowest BCUT2D eigenvalue weighted by molar-refractivity contribution is -0.176. The SMILES string of the molecule is C[C@H]1CCCN1C(=O)c1nc(C(=O)N2CC3(COC3)C2)sc1-c1cnc(NC(C)(C)C)cc1C(F)(F)F. The lowest BCUT2D eigenvalue weighted by Gasteiger charge is -2.54. The van der Waals surface area contributed by atoms with E-state index in [1.165, 1.54) is 0 Å². The molecule has 0 radical (unpaired) electrons. The fourth-order valence-electron chi connectivity index (χ4n) is 5.05. The molecule has 2 aromatic rings. The van der Waals surface area contributed by atoms with Gasteiger partial charge in [0.2, 0.25) is 0 Å². The Morgan fingerprint density at radius 2 is 1.89 bits per heavy atom. The van der Waals surface area contributed by atoms with Crippen LogP contribution in [-0.4, -0.2) is 76.0 Å². The highest BCUT2D eigenvalue weighted by atomic mass is 32.1. The number of carbonyl (C=O) groups excluding carboxylic acids is 2. The van der Waals surface area contributed by atoms with Crippen LogP contribution < -0.4 is 5.32 Å². The number of likely N-dealkylation sites (tertiary alicyclic amines) is 2. The second kappa shape index (κ2) is 8.93. The molecule has 1 atom stereocenters. The summed E-state index contributed by atoms with van der Waals surface area (Å²) >= 11 is 0.820. The van der Waals surface area contributed by atoms with Crippen LogP contribution in [0.15, 0.2) is 12.3 Å². The number of ether oxygens (including phenoxy) is 1. The van der Waals surface area contributed by atoms with Crippen LogP contribution in [0.3, 0.4) is 0 Å². The number of nitrogens with one attached hydrogen (secondary N) is 1. The van der Waals surface area contributed by atoms with E-state index in [2.05, 4.69) is 15.3 Å². The minimum absolute atomic E-state index is 0.00492. The first-order valence-corrected chi connectivity index (χ1v) is 13.1. The highest BCUT2D eigenvalue weighted by Gasteiger charge is 2.51. The molecule has 3 saturated heterocycles. The number of halogens is 3. The second-order valence-electron chi connectivity index (χ2n) is 11.3. The van der Waals surface area contributed by atoms with E-state index < -0.39 is 23.2 Å². The van der Waals surface area contributed by atoms with Gasteiger partial charge in [-0.1, -0.05) is 0 Å². The number of alkyl halides is 3. The Hall–Kier alpha value is -2.73. The van der Waals surface area contributed by atoms with E-state index in [9.17, 15) is 22.8 Å². The summed E-state index contributed by atoms with van der Waals surface area (Å²) < 4.78 is 48.1. The molecule has 2 aromatic heterocycles. The summed E-state index contributed by atoms with van der Waals surface area (Å²) in [7, 11) is 0. The third-order valence-electron chi connectivity index (χ3n) is 6.94. The van der Waals surface area contributed by atoms with E-state index in [0.29, 0.717) is 32.8 Å². The minimum Gasteiger partial charge on any atom is -0.380 e. The van der Waals surface area contributed by atoms with Crippen molar-refractivity contribution in [2.75, 3.05) is 38.2 Å². The summed E-state index contributed by atoms with van der Waals surface area (Å²) in [6, 6.07) is 0.887. The van der Waals surface area contributed by atoms with Crippen molar-refractivity contribution >= 4 is 29.0 Å². The first kappa shape index (κ1) is 25.9. The van der Waals surface area contributed by atoms with E-state index in [-0.39, 0.29) is 44.3 Å². The molecule has 3 aliphatic heterocycles. The normalized spacial score (nSPS) is 21.1. The third-order valence-corrected chi connectivity index (χ3v) is 8.02. The summed E-state index contributed by atoms with van der Waals surface area (Å²) in [6.07, 6.45) is -1.99. The van der Waals surface area contributed by atoms with Crippen molar-refractivity contribution in [3.63, 3.8) is 0 Å². The number of nitrogens with zero attached hydrogens (tertiary/aromatic N) is 4. The maximum Gasteiger partial charge on any atom is 0.417 e. The zero-order valence-electron chi connectivity index (χ0n) is 21.2. The summed E-state index contributed by atoms with van der Waals surface area (Å²) in [6.45, 7) is 10.1. The largest absolute Gasteiger partial charge is 0.417 e. The predicted octanol–water partition coefficient (Wildman–Crippen LogP) is 4.53. The lowest BCUT2D eigenvalue weighted by Crippen LogP contribution is -2.67. The van der Waals surface area contributed by atoms with Gasteiger partial charge in [0.25, 0.3) is 11.8 Å². The quantitative estimate of drug-likeness (QED) is 0.617. The van der Waals surface area contributed by atoms with Crippen LogP contribution in [0.2, 0.25) is 0 Å². The van der Waals surface area contributed by atoms with Gasteiger partial charge in [0.1, 0.15) is 11.5 Å². The maximum atomic E-state index is 14.3. The molecule has 3 aliphatic rings. The number of hydrogen-bond acceptors (Lipinski definition) is 7. The summed E-state index contributed by atoms with van der Waals surface area (Å²) in [5.41, 5.74) is -1.86. The van der Waals surface area contributed by atoms with Gasteiger partial charge in [-0.2, -0.15) is 13.2 Å². The number of amides is 2. The molecule has 200 valence electrons. The molecule has 12 heteroatoms. The van der Waals surface area contributed by atoms with Crippen molar-refractivity contribution in [1.82, 2.24) is 19.8 Å². The van der Waals surface area contributed by atoms with Crippen LogP contribution in [0.4, 0.5) is 19.0 Å². The van der Waals surface area contributed by atoms with Gasteiger partial charge >= 0.3 is 6.18 Å². The highest BCUT2D eigenvalue weighted by molar-refractivity contribution is 7.17. The molecule has 1 spiro atoms. The Morgan fingerprint density at radius 1 is 1.19 bits per heavy atom. The Balaban J connectivity index is 1.57. The van der Waals surface area contributed by atoms with Gasteiger partial charge in [0, 0.05) is 43.0 Å². The number of pyridine rings is 1. The number of hydrogen-bond donors (Lipinski definition) is 1. The van der Waals surface area contributed by atoms with E-state index in [1.54, 1.807) is 9.80 Å². The molecule has 2 amide bonds. The Bertz CT molecular complexity index is 1230. The van der Waals surface area contributed by atoms with E-state index in [0.717, 1.165) is 36.4 Å². The first-order valence-electron chi connectivity index (χ1n) is 12.3. The van der Waals surface area contributed by atoms with Crippen molar-refractivity contribution in [2.24, 2.45) is 5.41 Å². The molecule has 5 rings (SSSR count). The molecular formula is C25H30F3N5O3S. The average Bonchev–Trinajstić information content (AvgIpc) is 3.36. The van der Waals surface area contributed by atoms with Crippen molar-refractivity contribution in [3.8, 4) is 10.4 Å². The lowest BCUT2D eigenvalue weighted by atomic mass is 9.78. The van der Waals surface area contributed by atoms with Gasteiger partial charge in [-0.25, -0.2) is 9.97 Å². The standard InChI is InChI=1S/C25H30F3N5O3S/c1-14-6-5-7-33(14)21(34)18-19(37-20(30-18)22(35)32-10-24(11-32)12-36-13-24)15-9-29-17(31-23(2,3)4)8-16(15)25(26,27)28/h8-9,14H,5-7,10-13H2,1-4H3,(H,29,31)/t14-/m0/s1. The molecule has 37 heavy (non-hydrogen) atoms. The smallest absolute Gasteiger partial charge is 0.380 e. The molecule has 8 nitrogen and oxygen atoms in total. The fraction of sp³-hybridized carbons (Fsp3) is 0.600. The third kappa shape index (κ3) is 4.93. The van der Waals surface area contributed by atoms with Crippen LogP contribution in [0.1, 0.15) is 66.4 Å². The van der Waals surface area contributed by atoms with Crippen molar-refractivity contribution < 1.29 is 27.5 Å². The number of anilines is 1. The van der Waals surface area contributed by atoms with Crippen molar-refractivity contribution in [2.45, 2.75) is 58.3 Å². The monoisotopic (exact) mass is 537 g/mol. The van der Waals surface area contributed by atoms with Gasteiger partial charge in [-0.15, -0.1) is 11.3 Å². The van der Waals surface area contributed by atoms with E-state index >= 15 is 0 Å². The fourth-order valence-corrected chi connectivity index (χ4v) is 6.10. The first-order chi connectivity index (χ1) is 17.3. The Kier molecular flexibility index (Phi) is 6.25. The predicted molar refractivity (Wildman–Crippen MR) is 133 cm³/mol.